The van der Waals surface area contributed by atoms with Crippen molar-refractivity contribution >= 4 is 27.5 Å². The van der Waals surface area contributed by atoms with Crippen molar-refractivity contribution in [2.24, 2.45) is 11.8 Å². The van der Waals surface area contributed by atoms with Crippen LogP contribution in [-0.2, 0) is 4.74 Å². The van der Waals surface area contributed by atoms with E-state index in [0.29, 0.717) is 17.8 Å². The molecular formula is C20H25NO2S. The highest BCUT2D eigenvalue weighted by Crippen LogP contribution is 2.46. The van der Waals surface area contributed by atoms with Crippen molar-refractivity contribution in [2.75, 3.05) is 13.1 Å². The summed E-state index contributed by atoms with van der Waals surface area (Å²) in [6.45, 7) is 7.50. The van der Waals surface area contributed by atoms with E-state index in [0.717, 1.165) is 13.1 Å². The lowest BCUT2D eigenvalue weighted by Gasteiger charge is -2.25. The van der Waals surface area contributed by atoms with Crippen LogP contribution in [0.3, 0.4) is 0 Å². The Kier molecular flexibility index (Phi) is 3.83. The number of likely N-dealkylation sites (tertiary alicyclic amines) is 1. The molecular weight excluding hydrogens is 318 g/mol. The van der Waals surface area contributed by atoms with Crippen molar-refractivity contribution in [3.8, 4) is 0 Å². The van der Waals surface area contributed by atoms with E-state index < -0.39 is 5.60 Å². The molecule has 24 heavy (non-hydrogen) atoms. The fraction of sp³-hybridized carbons (Fsp3) is 0.550. The summed E-state index contributed by atoms with van der Waals surface area (Å²) in [6.07, 6.45) is 2.24. The Balaban J connectivity index is 1.41. The van der Waals surface area contributed by atoms with E-state index >= 15 is 0 Å². The van der Waals surface area contributed by atoms with Crippen molar-refractivity contribution in [2.45, 2.75) is 45.1 Å². The van der Waals surface area contributed by atoms with E-state index in [9.17, 15) is 4.79 Å². The number of ether oxygens (including phenoxy) is 1. The van der Waals surface area contributed by atoms with Gasteiger partial charge in [0.1, 0.15) is 5.60 Å². The summed E-state index contributed by atoms with van der Waals surface area (Å²) in [5.74, 6) is 1.89. The first-order chi connectivity index (χ1) is 11.4. The zero-order valence-corrected chi connectivity index (χ0v) is 15.4. The third kappa shape index (κ3) is 3.04. The number of carbonyl (C=O) groups excluding carboxylic acids is 1. The summed E-state index contributed by atoms with van der Waals surface area (Å²) in [5, 5.41) is 3.53. The molecule has 2 unspecified atom stereocenters. The van der Waals surface area contributed by atoms with Gasteiger partial charge in [0, 0.05) is 17.8 Å². The average molecular weight is 343 g/mol. The smallest absolute Gasteiger partial charge is 0.410 e. The number of thiophene rings is 1. The third-order valence-electron chi connectivity index (χ3n) is 5.35. The Morgan fingerprint density at radius 3 is 2.54 bits per heavy atom. The first-order valence-electron chi connectivity index (χ1n) is 8.84. The van der Waals surface area contributed by atoms with E-state index in [-0.39, 0.29) is 6.09 Å². The maximum atomic E-state index is 12.3. The monoisotopic (exact) mass is 343 g/mol. The third-order valence-corrected chi connectivity index (χ3v) is 6.25. The van der Waals surface area contributed by atoms with Gasteiger partial charge in [-0.1, -0.05) is 12.1 Å². The van der Waals surface area contributed by atoms with Gasteiger partial charge in [0.05, 0.1) is 0 Å². The van der Waals surface area contributed by atoms with Gasteiger partial charge in [-0.3, -0.25) is 0 Å². The van der Waals surface area contributed by atoms with Gasteiger partial charge in [-0.15, -0.1) is 11.3 Å². The van der Waals surface area contributed by atoms with Crippen LogP contribution >= 0.6 is 11.3 Å². The molecule has 1 amide bonds. The Morgan fingerprint density at radius 1 is 1.17 bits per heavy atom. The lowest BCUT2D eigenvalue weighted by Crippen LogP contribution is -2.36. The molecule has 1 saturated carbocycles. The van der Waals surface area contributed by atoms with Crippen LogP contribution in [0.5, 0.6) is 0 Å². The zero-order chi connectivity index (χ0) is 16.9. The van der Waals surface area contributed by atoms with E-state index in [2.05, 4.69) is 29.6 Å². The van der Waals surface area contributed by atoms with Crippen molar-refractivity contribution in [1.29, 1.82) is 0 Å². The summed E-state index contributed by atoms with van der Waals surface area (Å²) in [4.78, 5) is 14.2. The standard InChI is InChI=1S/C20H25NO2S/c1-20(2,3)23-19(22)21-11-16-9-15(10-17(16)12-21)13-4-5-18-14(8-13)6-7-24-18/h4-8,15-17H,9-12H2,1-3H3. The average Bonchev–Trinajstić information content (AvgIpc) is 3.18. The van der Waals surface area contributed by atoms with Crippen molar-refractivity contribution in [3.63, 3.8) is 0 Å². The molecule has 2 aliphatic rings. The van der Waals surface area contributed by atoms with Gasteiger partial charge in [-0.05, 0) is 79.8 Å². The van der Waals surface area contributed by atoms with Crippen molar-refractivity contribution in [1.82, 2.24) is 4.90 Å². The zero-order valence-electron chi connectivity index (χ0n) is 14.6. The first kappa shape index (κ1) is 15.9. The van der Waals surface area contributed by atoms with Crippen LogP contribution in [0.1, 0.15) is 45.1 Å². The molecule has 3 nitrogen and oxygen atoms in total. The van der Waals surface area contributed by atoms with Gasteiger partial charge in [0.15, 0.2) is 0 Å². The number of fused-ring (bicyclic) bond motifs is 2. The van der Waals surface area contributed by atoms with Gasteiger partial charge in [-0.25, -0.2) is 4.79 Å². The summed E-state index contributed by atoms with van der Waals surface area (Å²) < 4.78 is 6.89. The first-order valence-corrected chi connectivity index (χ1v) is 9.72. The second-order valence-corrected chi connectivity index (χ2v) is 9.24. The molecule has 0 bridgehead atoms. The number of carbonyl (C=O) groups is 1. The molecule has 2 fully saturated rings. The van der Waals surface area contributed by atoms with Gasteiger partial charge < -0.3 is 9.64 Å². The van der Waals surface area contributed by atoms with E-state index in [1.165, 1.54) is 28.5 Å². The predicted molar refractivity (Wildman–Crippen MR) is 98.6 cm³/mol. The number of hydrogen-bond donors (Lipinski definition) is 0. The lowest BCUT2D eigenvalue weighted by atomic mass is 9.95. The largest absolute Gasteiger partial charge is 0.444 e. The van der Waals surface area contributed by atoms with Crippen LogP contribution < -0.4 is 0 Å². The Labute approximate surface area is 147 Å². The van der Waals surface area contributed by atoms with Gasteiger partial charge >= 0.3 is 6.09 Å². The molecule has 2 atom stereocenters. The minimum Gasteiger partial charge on any atom is -0.444 e. The molecule has 0 spiro atoms. The molecule has 4 rings (SSSR count). The fourth-order valence-corrected chi connectivity index (χ4v) is 5.06. The number of rotatable bonds is 1. The van der Waals surface area contributed by atoms with Crippen molar-refractivity contribution in [3.05, 3.63) is 35.2 Å². The van der Waals surface area contributed by atoms with E-state index in [1.54, 1.807) is 11.3 Å². The molecule has 1 aromatic carbocycles. The second-order valence-electron chi connectivity index (χ2n) is 8.29. The molecule has 1 aliphatic heterocycles. The van der Waals surface area contributed by atoms with Crippen LogP contribution in [0.25, 0.3) is 10.1 Å². The Morgan fingerprint density at radius 2 is 1.88 bits per heavy atom. The number of benzene rings is 1. The predicted octanol–water partition coefficient (Wildman–Crippen LogP) is 5.26. The van der Waals surface area contributed by atoms with Gasteiger partial charge in [0.25, 0.3) is 0 Å². The molecule has 0 radical (unpaired) electrons. The molecule has 2 heterocycles. The molecule has 2 aromatic rings. The quantitative estimate of drug-likeness (QED) is 0.706. The molecule has 0 N–H and O–H groups in total. The number of amides is 1. The summed E-state index contributed by atoms with van der Waals surface area (Å²) in [5.41, 5.74) is 1.06. The van der Waals surface area contributed by atoms with E-state index in [1.807, 2.05) is 25.7 Å². The highest BCUT2D eigenvalue weighted by atomic mass is 32.1. The highest BCUT2D eigenvalue weighted by Gasteiger charge is 2.43. The van der Waals surface area contributed by atoms with Gasteiger partial charge in [-0.2, -0.15) is 0 Å². The highest BCUT2D eigenvalue weighted by molar-refractivity contribution is 7.17. The van der Waals surface area contributed by atoms with Gasteiger partial charge in [0.2, 0.25) is 0 Å². The Hall–Kier alpha value is -1.55. The molecule has 1 saturated heterocycles. The maximum Gasteiger partial charge on any atom is 0.410 e. The lowest BCUT2D eigenvalue weighted by molar-refractivity contribution is 0.0279. The normalized spacial score (nSPS) is 26.8. The van der Waals surface area contributed by atoms with Crippen LogP contribution in [-0.4, -0.2) is 29.7 Å². The summed E-state index contributed by atoms with van der Waals surface area (Å²) in [7, 11) is 0. The second kappa shape index (κ2) is 5.76. The molecule has 4 heteroatoms. The number of hydrogen-bond acceptors (Lipinski definition) is 3. The van der Waals surface area contributed by atoms with Crippen molar-refractivity contribution < 1.29 is 9.53 Å². The molecule has 1 aromatic heterocycles. The minimum absolute atomic E-state index is 0.145. The van der Waals surface area contributed by atoms with Crippen LogP contribution in [0.4, 0.5) is 4.79 Å². The number of nitrogens with zero attached hydrogens (tertiary/aromatic N) is 1. The summed E-state index contributed by atoms with van der Waals surface area (Å²) >= 11 is 1.81. The van der Waals surface area contributed by atoms with E-state index in [4.69, 9.17) is 4.74 Å². The van der Waals surface area contributed by atoms with Crippen LogP contribution in [0, 0.1) is 11.8 Å². The maximum absolute atomic E-state index is 12.3. The SMILES string of the molecule is CC(C)(C)OC(=O)N1CC2CC(c3ccc4sccc4c3)CC2C1. The summed E-state index contributed by atoms with van der Waals surface area (Å²) in [6, 6.07) is 9.14. The van der Waals surface area contributed by atoms with Crippen LogP contribution in [0.15, 0.2) is 29.6 Å². The minimum atomic E-state index is -0.409. The molecule has 1 aliphatic carbocycles. The fourth-order valence-electron chi connectivity index (χ4n) is 4.29. The topological polar surface area (TPSA) is 29.5 Å². The Bertz CT molecular complexity index is 746. The molecule has 128 valence electrons. The van der Waals surface area contributed by atoms with Crippen LogP contribution in [0.2, 0.25) is 0 Å².